The summed E-state index contributed by atoms with van der Waals surface area (Å²) in [5.41, 5.74) is -0.668. The molecule has 9 heteroatoms. The van der Waals surface area contributed by atoms with E-state index in [0.29, 0.717) is 5.33 Å². The summed E-state index contributed by atoms with van der Waals surface area (Å²) in [6.45, 7) is -1.18. The zero-order chi connectivity index (χ0) is 13.1. The van der Waals surface area contributed by atoms with Gasteiger partial charge in [0.05, 0.1) is 6.33 Å². The first-order valence-electron chi connectivity index (χ1n) is 4.46. The van der Waals surface area contributed by atoms with Crippen LogP contribution in [0.3, 0.4) is 0 Å². The molecule has 0 unspecified atom stereocenters. The van der Waals surface area contributed by atoms with Gasteiger partial charge in [-0.05, 0) is 0 Å². The average molecular weight is 335 g/mol. The Hall–Kier alpha value is -0.760. The molecule has 4 nitrogen and oxygen atoms in total. The standard InChI is InChI=1S/C8H8BrClF3N3O/c9-1-2-16(3-8(11,12)13)6-5(10)7(17)15-4-14-6/h4H,1-3H2,(H,14,15,17). The number of aromatic amines is 1. The number of anilines is 1. The summed E-state index contributed by atoms with van der Waals surface area (Å²) in [6, 6.07) is 0. The molecule has 0 amide bonds. The topological polar surface area (TPSA) is 49.0 Å². The Bertz CT molecular complexity index is 437. The third-order valence-electron chi connectivity index (χ3n) is 1.80. The van der Waals surface area contributed by atoms with E-state index in [4.69, 9.17) is 11.6 Å². The molecule has 1 heterocycles. The molecule has 0 saturated heterocycles. The Morgan fingerprint density at radius 3 is 2.71 bits per heavy atom. The van der Waals surface area contributed by atoms with Gasteiger partial charge in [-0.15, -0.1) is 0 Å². The van der Waals surface area contributed by atoms with Gasteiger partial charge in [-0.1, -0.05) is 27.5 Å². The van der Waals surface area contributed by atoms with Gasteiger partial charge in [0.25, 0.3) is 5.56 Å². The molecule has 0 atom stereocenters. The molecule has 0 saturated carbocycles. The molecule has 96 valence electrons. The molecule has 1 N–H and O–H groups in total. The molecule has 0 fully saturated rings. The molecule has 0 aliphatic rings. The molecule has 0 bridgehead atoms. The predicted molar refractivity (Wildman–Crippen MR) is 61.9 cm³/mol. The fraction of sp³-hybridized carbons (Fsp3) is 0.500. The highest BCUT2D eigenvalue weighted by Crippen LogP contribution is 2.23. The second kappa shape index (κ2) is 5.72. The van der Waals surface area contributed by atoms with Crippen LogP contribution in [0.4, 0.5) is 19.0 Å². The Labute approximate surface area is 108 Å². The molecule has 0 aliphatic heterocycles. The van der Waals surface area contributed by atoms with E-state index in [1.165, 1.54) is 0 Å². The van der Waals surface area contributed by atoms with Crippen molar-refractivity contribution in [1.29, 1.82) is 0 Å². The lowest BCUT2D eigenvalue weighted by Gasteiger charge is -2.24. The minimum atomic E-state index is -4.39. The number of hydrogen-bond donors (Lipinski definition) is 1. The van der Waals surface area contributed by atoms with E-state index < -0.39 is 18.3 Å². The lowest BCUT2D eigenvalue weighted by Crippen LogP contribution is -2.37. The lowest BCUT2D eigenvalue weighted by molar-refractivity contribution is -0.119. The van der Waals surface area contributed by atoms with Gasteiger partial charge in [0.2, 0.25) is 0 Å². The van der Waals surface area contributed by atoms with Crippen molar-refractivity contribution in [2.75, 3.05) is 23.3 Å². The SMILES string of the molecule is O=c1[nH]cnc(N(CCBr)CC(F)(F)F)c1Cl. The van der Waals surface area contributed by atoms with Crippen LogP contribution in [0.15, 0.2) is 11.1 Å². The van der Waals surface area contributed by atoms with Crippen molar-refractivity contribution in [3.8, 4) is 0 Å². The first kappa shape index (κ1) is 14.3. The number of alkyl halides is 4. The summed E-state index contributed by atoms with van der Waals surface area (Å²) in [5, 5.41) is -0.0499. The number of nitrogens with zero attached hydrogens (tertiary/aromatic N) is 2. The first-order valence-corrected chi connectivity index (χ1v) is 5.96. The van der Waals surface area contributed by atoms with E-state index in [9.17, 15) is 18.0 Å². The molecule has 0 spiro atoms. The van der Waals surface area contributed by atoms with E-state index in [0.717, 1.165) is 11.2 Å². The lowest BCUT2D eigenvalue weighted by atomic mass is 10.4. The molecule has 1 aromatic heterocycles. The smallest absolute Gasteiger partial charge is 0.345 e. The first-order chi connectivity index (χ1) is 7.85. The van der Waals surface area contributed by atoms with Gasteiger partial charge in [-0.2, -0.15) is 13.2 Å². The Balaban J connectivity index is 3.05. The van der Waals surface area contributed by atoms with Crippen LogP contribution in [-0.2, 0) is 0 Å². The number of aromatic nitrogens is 2. The Kier molecular flexibility index (Phi) is 4.81. The van der Waals surface area contributed by atoms with Gasteiger partial charge in [0.15, 0.2) is 5.82 Å². The summed E-state index contributed by atoms with van der Waals surface area (Å²) in [5.74, 6) is -0.174. The maximum atomic E-state index is 12.3. The third kappa shape index (κ3) is 4.19. The fourth-order valence-electron chi connectivity index (χ4n) is 1.17. The van der Waals surface area contributed by atoms with Crippen LogP contribution in [0.25, 0.3) is 0 Å². The van der Waals surface area contributed by atoms with Crippen LogP contribution in [0.1, 0.15) is 0 Å². The van der Waals surface area contributed by atoms with Crippen molar-refractivity contribution in [1.82, 2.24) is 9.97 Å². The quantitative estimate of drug-likeness (QED) is 0.859. The molecule has 0 aromatic carbocycles. The van der Waals surface area contributed by atoms with Crippen molar-refractivity contribution < 1.29 is 13.2 Å². The highest BCUT2D eigenvalue weighted by molar-refractivity contribution is 9.09. The molecule has 0 aliphatic carbocycles. The summed E-state index contributed by atoms with van der Waals surface area (Å²) in [6.07, 6.45) is -3.38. The average Bonchev–Trinajstić information content (AvgIpc) is 2.19. The third-order valence-corrected chi connectivity index (χ3v) is 2.50. The summed E-state index contributed by atoms with van der Waals surface area (Å²) >= 11 is 8.65. The second-order valence-corrected chi connectivity index (χ2v) is 4.27. The maximum Gasteiger partial charge on any atom is 0.405 e. The summed E-state index contributed by atoms with van der Waals surface area (Å²) in [7, 11) is 0. The molecule has 1 rings (SSSR count). The van der Waals surface area contributed by atoms with Gasteiger partial charge in [0, 0.05) is 11.9 Å². The Morgan fingerprint density at radius 2 is 2.18 bits per heavy atom. The number of halogens is 5. The van der Waals surface area contributed by atoms with Crippen LogP contribution < -0.4 is 10.5 Å². The second-order valence-electron chi connectivity index (χ2n) is 3.09. The minimum absolute atomic E-state index is 0.0374. The normalized spacial score (nSPS) is 11.6. The van der Waals surface area contributed by atoms with E-state index in [2.05, 4.69) is 25.9 Å². The van der Waals surface area contributed by atoms with Crippen LogP contribution in [-0.4, -0.2) is 34.6 Å². The molecular formula is C8H8BrClF3N3O. The monoisotopic (exact) mass is 333 g/mol. The molecule has 17 heavy (non-hydrogen) atoms. The van der Waals surface area contributed by atoms with E-state index in [-0.39, 0.29) is 17.4 Å². The van der Waals surface area contributed by atoms with Crippen LogP contribution in [0.2, 0.25) is 5.02 Å². The highest BCUT2D eigenvalue weighted by Gasteiger charge is 2.32. The van der Waals surface area contributed by atoms with Crippen molar-refractivity contribution in [2.24, 2.45) is 0 Å². The number of rotatable bonds is 4. The van der Waals surface area contributed by atoms with Crippen LogP contribution in [0, 0.1) is 0 Å². The largest absolute Gasteiger partial charge is 0.405 e. The summed E-state index contributed by atoms with van der Waals surface area (Å²) in [4.78, 5) is 17.9. The van der Waals surface area contributed by atoms with Gasteiger partial charge >= 0.3 is 6.18 Å². The van der Waals surface area contributed by atoms with Gasteiger partial charge in [-0.25, -0.2) is 4.98 Å². The molecule has 1 aromatic rings. The number of nitrogens with one attached hydrogen (secondary N) is 1. The summed E-state index contributed by atoms with van der Waals surface area (Å²) < 4.78 is 37.0. The zero-order valence-electron chi connectivity index (χ0n) is 8.39. The fourth-order valence-corrected chi connectivity index (χ4v) is 1.82. The number of hydrogen-bond acceptors (Lipinski definition) is 3. The van der Waals surface area contributed by atoms with Crippen molar-refractivity contribution >= 4 is 33.3 Å². The Morgan fingerprint density at radius 1 is 1.53 bits per heavy atom. The zero-order valence-corrected chi connectivity index (χ0v) is 10.7. The number of H-pyrrole nitrogens is 1. The highest BCUT2D eigenvalue weighted by atomic mass is 79.9. The van der Waals surface area contributed by atoms with E-state index in [1.54, 1.807) is 0 Å². The maximum absolute atomic E-state index is 12.3. The molecule has 0 radical (unpaired) electrons. The van der Waals surface area contributed by atoms with Crippen LogP contribution in [0.5, 0.6) is 0 Å². The van der Waals surface area contributed by atoms with Crippen molar-refractivity contribution in [3.05, 3.63) is 21.7 Å². The van der Waals surface area contributed by atoms with Gasteiger partial charge in [0.1, 0.15) is 11.6 Å². The van der Waals surface area contributed by atoms with Gasteiger partial charge < -0.3 is 9.88 Å². The van der Waals surface area contributed by atoms with Gasteiger partial charge in [-0.3, -0.25) is 4.79 Å². The van der Waals surface area contributed by atoms with Crippen molar-refractivity contribution in [2.45, 2.75) is 6.18 Å². The molecular weight excluding hydrogens is 326 g/mol. The minimum Gasteiger partial charge on any atom is -0.345 e. The van der Waals surface area contributed by atoms with E-state index in [1.807, 2.05) is 0 Å². The van der Waals surface area contributed by atoms with Crippen LogP contribution >= 0.6 is 27.5 Å². The predicted octanol–water partition coefficient (Wildman–Crippen LogP) is 2.19. The van der Waals surface area contributed by atoms with E-state index >= 15 is 0 Å². The van der Waals surface area contributed by atoms with Crippen molar-refractivity contribution in [3.63, 3.8) is 0 Å².